The number of ether oxygens (including phenoxy) is 1. The molecule has 1 aromatic heterocycles. The molecular formula is C16H20N4O2. The standard InChI is InChI=1S/C16H20N4O2/c1-16(2,3)20-14(21)13-9-10-17-15(19-13)18-11-5-7-12(22-4)8-6-11/h5-10H,1-4H3,(H,20,21)(H,17,18,19). The van der Waals surface area contributed by atoms with Gasteiger partial charge in [-0.15, -0.1) is 0 Å². The first-order chi connectivity index (χ1) is 10.4. The smallest absolute Gasteiger partial charge is 0.270 e. The second-order valence-electron chi connectivity index (χ2n) is 5.82. The minimum Gasteiger partial charge on any atom is -0.497 e. The Hall–Kier alpha value is -2.63. The monoisotopic (exact) mass is 300 g/mol. The van der Waals surface area contributed by atoms with E-state index < -0.39 is 0 Å². The van der Waals surface area contributed by atoms with E-state index in [-0.39, 0.29) is 11.4 Å². The zero-order valence-corrected chi connectivity index (χ0v) is 13.2. The van der Waals surface area contributed by atoms with E-state index >= 15 is 0 Å². The Kier molecular flexibility index (Phi) is 4.60. The molecule has 1 aromatic carbocycles. The van der Waals surface area contributed by atoms with Gasteiger partial charge in [0.25, 0.3) is 5.91 Å². The SMILES string of the molecule is COc1ccc(Nc2nccc(C(=O)NC(C)(C)C)n2)cc1. The van der Waals surface area contributed by atoms with Crippen molar-refractivity contribution in [1.82, 2.24) is 15.3 Å². The first-order valence-electron chi connectivity index (χ1n) is 6.94. The van der Waals surface area contributed by atoms with Crippen molar-refractivity contribution in [2.75, 3.05) is 12.4 Å². The number of anilines is 2. The number of nitrogens with zero attached hydrogens (tertiary/aromatic N) is 2. The van der Waals surface area contributed by atoms with Gasteiger partial charge in [-0.3, -0.25) is 4.79 Å². The molecule has 0 bridgehead atoms. The third kappa shape index (κ3) is 4.44. The molecule has 0 radical (unpaired) electrons. The zero-order chi connectivity index (χ0) is 16.2. The van der Waals surface area contributed by atoms with Crippen molar-refractivity contribution < 1.29 is 9.53 Å². The van der Waals surface area contributed by atoms with Gasteiger partial charge in [-0.25, -0.2) is 9.97 Å². The number of rotatable bonds is 4. The van der Waals surface area contributed by atoms with Gasteiger partial charge in [-0.1, -0.05) is 0 Å². The number of aromatic nitrogens is 2. The van der Waals surface area contributed by atoms with Crippen LogP contribution in [-0.4, -0.2) is 28.5 Å². The first-order valence-corrected chi connectivity index (χ1v) is 6.94. The molecule has 0 spiro atoms. The molecule has 2 N–H and O–H groups in total. The van der Waals surface area contributed by atoms with Crippen LogP contribution in [-0.2, 0) is 0 Å². The van der Waals surface area contributed by atoms with Crippen LogP contribution in [0.1, 0.15) is 31.3 Å². The molecule has 0 aliphatic carbocycles. The maximum absolute atomic E-state index is 12.1. The minimum absolute atomic E-state index is 0.229. The Balaban J connectivity index is 2.12. The summed E-state index contributed by atoms with van der Waals surface area (Å²) in [5.41, 5.74) is 0.820. The second-order valence-corrected chi connectivity index (χ2v) is 5.82. The third-order valence-corrected chi connectivity index (χ3v) is 2.72. The summed E-state index contributed by atoms with van der Waals surface area (Å²) < 4.78 is 5.10. The molecule has 1 heterocycles. The van der Waals surface area contributed by atoms with Crippen LogP contribution in [0.3, 0.4) is 0 Å². The first kappa shape index (κ1) is 15.8. The molecule has 6 nitrogen and oxygen atoms in total. The minimum atomic E-state index is -0.314. The van der Waals surface area contributed by atoms with Crippen LogP contribution in [0.25, 0.3) is 0 Å². The molecule has 1 amide bonds. The number of benzene rings is 1. The molecule has 116 valence electrons. The number of carbonyl (C=O) groups is 1. The highest BCUT2D eigenvalue weighted by atomic mass is 16.5. The maximum atomic E-state index is 12.1. The number of nitrogens with one attached hydrogen (secondary N) is 2. The molecule has 22 heavy (non-hydrogen) atoms. The fraction of sp³-hybridized carbons (Fsp3) is 0.312. The second kappa shape index (κ2) is 6.43. The van der Waals surface area contributed by atoms with Crippen LogP contribution in [0.2, 0.25) is 0 Å². The van der Waals surface area contributed by atoms with E-state index in [0.717, 1.165) is 11.4 Å². The molecule has 0 fully saturated rings. The van der Waals surface area contributed by atoms with E-state index in [4.69, 9.17) is 4.74 Å². The molecule has 2 rings (SSSR count). The Morgan fingerprint density at radius 2 is 1.82 bits per heavy atom. The van der Waals surface area contributed by atoms with E-state index in [1.54, 1.807) is 19.4 Å². The summed E-state index contributed by atoms with van der Waals surface area (Å²) in [6.45, 7) is 5.76. The van der Waals surface area contributed by atoms with E-state index in [9.17, 15) is 4.79 Å². The Morgan fingerprint density at radius 3 is 2.41 bits per heavy atom. The lowest BCUT2D eigenvalue weighted by Crippen LogP contribution is -2.41. The van der Waals surface area contributed by atoms with E-state index in [2.05, 4.69) is 20.6 Å². The molecule has 0 saturated carbocycles. The highest BCUT2D eigenvalue weighted by Crippen LogP contribution is 2.17. The van der Waals surface area contributed by atoms with Gasteiger partial charge in [0.2, 0.25) is 5.95 Å². The summed E-state index contributed by atoms with van der Waals surface area (Å²) in [7, 11) is 1.61. The van der Waals surface area contributed by atoms with Crippen molar-refractivity contribution in [3.8, 4) is 5.75 Å². The predicted octanol–water partition coefficient (Wildman–Crippen LogP) is 2.76. The van der Waals surface area contributed by atoms with Gasteiger partial charge in [0.05, 0.1) is 7.11 Å². The summed E-state index contributed by atoms with van der Waals surface area (Å²) in [4.78, 5) is 20.5. The molecule has 6 heteroatoms. The number of hydrogen-bond donors (Lipinski definition) is 2. The molecule has 0 saturated heterocycles. The van der Waals surface area contributed by atoms with E-state index in [0.29, 0.717) is 11.6 Å². The van der Waals surface area contributed by atoms with E-state index in [1.807, 2.05) is 45.0 Å². The van der Waals surface area contributed by atoms with Crippen molar-refractivity contribution in [2.24, 2.45) is 0 Å². The molecule has 0 aliphatic heterocycles. The summed E-state index contributed by atoms with van der Waals surface area (Å²) in [6.07, 6.45) is 1.55. The average Bonchev–Trinajstić information content (AvgIpc) is 2.46. The van der Waals surface area contributed by atoms with Gasteiger partial charge in [0.15, 0.2) is 0 Å². The molecule has 0 aliphatic rings. The number of amides is 1. The Morgan fingerprint density at radius 1 is 1.14 bits per heavy atom. The molecule has 0 unspecified atom stereocenters. The van der Waals surface area contributed by atoms with Crippen LogP contribution in [0.4, 0.5) is 11.6 Å². The highest BCUT2D eigenvalue weighted by molar-refractivity contribution is 5.92. The van der Waals surface area contributed by atoms with Crippen LogP contribution < -0.4 is 15.4 Å². The van der Waals surface area contributed by atoms with Gasteiger partial charge in [-0.2, -0.15) is 0 Å². The van der Waals surface area contributed by atoms with Crippen LogP contribution in [0.5, 0.6) is 5.75 Å². The average molecular weight is 300 g/mol. The van der Waals surface area contributed by atoms with Crippen molar-refractivity contribution in [3.05, 3.63) is 42.2 Å². The summed E-state index contributed by atoms with van der Waals surface area (Å²) in [5, 5.41) is 5.92. The predicted molar refractivity (Wildman–Crippen MR) is 85.5 cm³/mol. The van der Waals surface area contributed by atoms with Gasteiger partial charge < -0.3 is 15.4 Å². The topological polar surface area (TPSA) is 76.1 Å². The fourth-order valence-electron chi connectivity index (χ4n) is 1.75. The lowest BCUT2D eigenvalue weighted by atomic mass is 10.1. The summed E-state index contributed by atoms with van der Waals surface area (Å²) in [5.74, 6) is 0.907. The lowest BCUT2D eigenvalue weighted by molar-refractivity contribution is 0.0914. The maximum Gasteiger partial charge on any atom is 0.270 e. The van der Waals surface area contributed by atoms with Crippen molar-refractivity contribution in [3.63, 3.8) is 0 Å². The lowest BCUT2D eigenvalue weighted by Gasteiger charge is -2.20. The number of carbonyl (C=O) groups excluding carboxylic acids is 1. The van der Waals surface area contributed by atoms with Gasteiger partial charge in [-0.05, 0) is 51.1 Å². The Bertz CT molecular complexity index is 648. The zero-order valence-electron chi connectivity index (χ0n) is 13.2. The fourth-order valence-corrected chi connectivity index (χ4v) is 1.75. The molecule has 0 atom stereocenters. The third-order valence-electron chi connectivity index (χ3n) is 2.72. The number of methoxy groups -OCH3 is 1. The normalized spacial score (nSPS) is 10.9. The van der Waals surface area contributed by atoms with Gasteiger partial charge >= 0.3 is 0 Å². The Labute approximate surface area is 129 Å². The van der Waals surface area contributed by atoms with Crippen molar-refractivity contribution in [1.29, 1.82) is 0 Å². The molecular weight excluding hydrogens is 280 g/mol. The van der Waals surface area contributed by atoms with Gasteiger partial charge in [0, 0.05) is 17.4 Å². The summed E-state index contributed by atoms with van der Waals surface area (Å²) >= 11 is 0. The van der Waals surface area contributed by atoms with Crippen molar-refractivity contribution in [2.45, 2.75) is 26.3 Å². The van der Waals surface area contributed by atoms with E-state index in [1.165, 1.54) is 0 Å². The highest BCUT2D eigenvalue weighted by Gasteiger charge is 2.16. The van der Waals surface area contributed by atoms with Gasteiger partial charge in [0.1, 0.15) is 11.4 Å². The molecule has 2 aromatic rings. The quantitative estimate of drug-likeness (QED) is 0.908. The van der Waals surface area contributed by atoms with Crippen LogP contribution in [0, 0.1) is 0 Å². The largest absolute Gasteiger partial charge is 0.497 e. The van der Waals surface area contributed by atoms with Crippen molar-refractivity contribution >= 4 is 17.5 Å². The number of hydrogen-bond acceptors (Lipinski definition) is 5. The summed E-state index contributed by atoms with van der Waals surface area (Å²) in [6, 6.07) is 8.95. The van der Waals surface area contributed by atoms with Crippen LogP contribution >= 0.6 is 0 Å². The van der Waals surface area contributed by atoms with Crippen LogP contribution in [0.15, 0.2) is 36.5 Å².